The SMILES string of the molecule is CC(Cl)c1cccc(-c2ccccc2)c1. The monoisotopic (exact) mass is 216 g/mol. The molecule has 76 valence electrons. The summed E-state index contributed by atoms with van der Waals surface area (Å²) in [5.74, 6) is 0. The van der Waals surface area contributed by atoms with E-state index < -0.39 is 0 Å². The van der Waals surface area contributed by atoms with Gasteiger partial charge in [0.15, 0.2) is 0 Å². The van der Waals surface area contributed by atoms with Crippen LogP contribution < -0.4 is 0 Å². The van der Waals surface area contributed by atoms with Crippen LogP contribution in [0.4, 0.5) is 0 Å². The molecule has 0 heterocycles. The molecule has 0 saturated heterocycles. The van der Waals surface area contributed by atoms with Gasteiger partial charge in [0.05, 0.1) is 5.38 Å². The molecule has 0 radical (unpaired) electrons. The standard InChI is InChI=1S/C14H13Cl/c1-11(15)13-8-5-9-14(10-13)12-6-3-2-4-7-12/h2-11H,1H3. The van der Waals surface area contributed by atoms with Crippen molar-refractivity contribution in [1.82, 2.24) is 0 Å². The quantitative estimate of drug-likeness (QED) is 0.641. The summed E-state index contributed by atoms with van der Waals surface area (Å²) in [6.07, 6.45) is 0. The van der Waals surface area contributed by atoms with Gasteiger partial charge in [0.1, 0.15) is 0 Å². The summed E-state index contributed by atoms with van der Waals surface area (Å²) in [7, 11) is 0. The molecule has 0 fully saturated rings. The Balaban J connectivity index is 2.42. The lowest BCUT2D eigenvalue weighted by Crippen LogP contribution is -1.85. The molecule has 0 bridgehead atoms. The molecule has 2 rings (SSSR count). The third-order valence-electron chi connectivity index (χ3n) is 2.45. The minimum atomic E-state index is 0.0636. The van der Waals surface area contributed by atoms with E-state index in [2.05, 4.69) is 36.4 Å². The van der Waals surface area contributed by atoms with Crippen LogP contribution in [-0.4, -0.2) is 0 Å². The summed E-state index contributed by atoms with van der Waals surface area (Å²) < 4.78 is 0. The van der Waals surface area contributed by atoms with Crippen LogP contribution in [0.25, 0.3) is 11.1 Å². The number of alkyl halides is 1. The van der Waals surface area contributed by atoms with Crippen LogP contribution in [0, 0.1) is 0 Å². The fourth-order valence-electron chi connectivity index (χ4n) is 1.60. The van der Waals surface area contributed by atoms with Gasteiger partial charge in [-0.1, -0.05) is 48.5 Å². The molecule has 0 saturated carbocycles. The highest BCUT2D eigenvalue weighted by molar-refractivity contribution is 6.20. The summed E-state index contributed by atoms with van der Waals surface area (Å²) in [5, 5.41) is 0.0636. The molecule has 0 aliphatic heterocycles. The van der Waals surface area contributed by atoms with E-state index in [4.69, 9.17) is 11.6 Å². The van der Waals surface area contributed by atoms with Crippen LogP contribution in [0.2, 0.25) is 0 Å². The maximum absolute atomic E-state index is 6.06. The second-order valence-electron chi connectivity index (χ2n) is 3.61. The number of hydrogen-bond acceptors (Lipinski definition) is 0. The zero-order valence-corrected chi connectivity index (χ0v) is 9.41. The van der Waals surface area contributed by atoms with Gasteiger partial charge in [-0.2, -0.15) is 0 Å². The Morgan fingerprint density at radius 2 is 1.53 bits per heavy atom. The van der Waals surface area contributed by atoms with E-state index in [-0.39, 0.29) is 5.38 Å². The molecule has 1 heteroatoms. The second kappa shape index (κ2) is 4.50. The third kappa shape index (κ3) is 2.40. The number of halogens is 1. The van der Waals surface area contributed by atoms with E-state index in [1.165, 1.54) is 11.1 Å². The molecular formula is C14H13Cl. The van der Waals surface area contributed by atoms with E-state index >= 15 is 0 Å². The number of benzene rings is 2. The molecule has 0 aromatic heterocycles. The highest BCUT2D eigenvalue weighted by Gasteiger charge is 2.02. The van der Waals surface area contributed by atoms with Crippen LogP contribution in [0.15, 0.2) is 54.6 Å². The van der Waals surface area contributed by atoms with Gasteiger partial charge in [-0.05, 0) is 29.7 Å². The molecule has 0 amide bonds. The smallest absolute Gasteiger partial charge is 0.0557 e. The van der Waals surface area contributed by atoms with Gasteiger partial charge in [-0.15, -0.1) is 11.6 Å². The predicted octanol–water partition coefficient (Wildman–Crippen LogP) is 4.65. The van der Waals surface area contributed by atoms with Crippen molar-refractivity contribution in [2.75, 3.05) is 0 Å². The van der Waals surface area contributed by atoms with E-state index in [1.54, 1.807) is 0 Å². The fourth-order valence-corrected chi connectivity index (χ4v) is 1.73. The highest BCUT2D eigenvalue weighted by Crippen LogP contribution is 2.25. The Hall–Kier alpha value is -1.27. The molecule has 2 aromatic carbocycles. The van der Waals surface area contributed by atoms with Crippen molar-refractivity contribution in [2.24, 2.45) is 0 Å². The summed E-state index contributed by atoms with van der Waals surface area (Å²) in [4.78, 5) is 0. The summed E-state index contributed by atoms with van der Waals surface area (Å²) in [5.41, 5.74) is 3.62. The van der Waals surface area contributed by atoms with Crippen molar-refractivity contribution in [2.45, 2.75) is 12.3 Å². The van der Waals surface area contributed by atoms with Gasteiger partial charge in [-0.25, -0.2) is 0 Å². The van der Waals surface area contributed by atoms with Crippen LogP contribution in [0.3, 0.4) is 0 Å². The summed E-state index contributed by atoms with van der Waals surface area (Å²) in [6.45, 7) is 1.99. The van der Waals surface area contributed by atoms with E-state index in [1.807, 2.05) is 25.1 Å². The van der Waals surface area contributed by atoms with Crippen molar-refractivity contribution in [3.63, 3.8) is 0 Å². The van der Waals surface area contributed by atoms with Crippen molar-refractivity contribution in [1.29, 1.82) is 0 Å². The molecule has 0 spiro atoms. The normalized spacial score (nSPS) is 12.4. The van der Waals surface area contributed by atoms with Gasteiger partial charge in [-0.3, -0.25) is 0 Å². The maximum atomic E-state index is 6.06. The Labute approximate surface area is 95.5 Å². The molecule has 1 atom stereocenters. The number of rotatable bonds is 2. The van der Waals surface area contributed by atoms with Crippen LogP contribution in [0.5, 0.6) is 0 Å². The Kier molecular flexibility index (Phi) is 3.08. The minimum Gasteiger partial charge on any atom is -0.118 e. The molecule has 0 aliphatic rings. The van der Waals surface area contributed by atoms with Crippen LogP contribution in [-0.2, 0) is 0 Å². The minimum absolute atomic E-state index is 0.0636. The number of hydrogen-bond donors (Lipinski definition) is 0. The lowest BCUT2D eigenvalue weighted by molar-refractivity contribution is 1.09. The van der Waals surface area contributed by atoms with E-state index in [9.17, 15) is 0 Å². The molecular weight excluding hydrogens is 204 g/mol. The van der Waals surface area contributed by atoms with Crippen LogP contribution >= 0.6 is 11.6 Å². The van der Waals surface area contributed by atoms with Crippen molar-refractivity contribution < 1.29 is 0 Å². The predicted molar refractivity (Wildman–Crippen MR) is 66.1 cm³/mol. The van der Waals surface area contributed by atoms with Crippen molar-refractivity contribution >= 4 is 11.6 Å². The topological polar surface area (TPSA) is 0 Å². The fraction of sp³-hybridized carbons (Fsp3) is 0.143. The first kappa shape index (κ1) is 10.3. The first-order valence-corrected chi connectivity index (χ1v) is 5.50. The third-order valence-corrected chi connectivity index (χ3v) is 2.71. The Morgan fingerprint density at radius 1 is 0.867 bits per heavy atom. The first-order valence-electron chi connectivity index (χ1n) is 5.07. The zero-order valence-electron chi connectivity index (χ0n) is 8.65. The van der Waals surface area contributed by atoms with Gasteiger partial charge in [0, 0.05) is 0 Å². The van der Waals surface area contributed by atoms with Gasteiger partial charge >= 0.3 is 0 Å². The zero-order chi connectivity index (χ0) is 10.7. The molecule has 15 heavy (non-hydrogen) atoms. The maximum Gasteiger partial charge on any atom is 0.0557 e. The Morgan fingerprint density at radius 3 is 2.20 bits per heavy atom. The first-order chi connectivity index (χ1) is 7.27. The van der Waals surface area contributed by atoms with E-state index in [0.717, 1.165) is 5.56 Å². The van der Waals surface area contributed by atoms with Crippen LogP contribution in [0.1, 0.15) is 17.9 Å². The van der Waals surface area contributed by atoms with Gasteiger partial charge < -0.3 is 0 Å². The molecule has 0 aliphatic carbocycles. The van der Waals surface area contributed by atoms with E-state index in [0.29, 0.717) is 0 Å². The largest absolute Gasteiger partial charge is 0.118 e. The van der Waals surface area contributed by atoms with Crippen molar-refractivity contribution in [3.8, 4) is 11.1 Å². The summed E-state index contributed by atoms with van der Waals surface area (Å²) in [6, 6.07) is 18.7. The average molecular weight is 217 g/mol. The van der Waals surface area contributed by atoms with Crippen molar-refractivity contribution in [3.05, 3.63) is 60.2 Å². The molecule has 2 aromatic rings. The molecule has 1 unspecified atom stereocenters. The Bertz CT molecular complexity index is 432. The van der Waals surface area contributed by atoms with Gasteiger partial charge in [0.25, 0.3) is 0 Å². The second-order valence-corrected chi connectivity index (χ2v) is 4.26. The molecule has 0 N–H and O–H groups in total. The highest BCUT2D eigenvalue weighted by atomic mass is 35.5. The summed E-state index contributed by atoms with van der Waals surface area (Å²) >= 11 is 6.06. The lowest BCUT2D eigenvalue weighted by Gasteiger charge is -2.06. The average Bonchev–Trinajstić information content (AvgIpc) is 2.30. The molecule has 0 nitrogen and oxygen atoms in total. The lowest BCUT2D eigenvalue weighted by atomic mass is 10.0. The van der Waals surface area contributed by atoms with Gasteiger partial charge in [0.2, 0.25) is 0 Å².